The Kier molecular flexibility index (Phi) is 4.84. The van der Waals surface area contributed by atoms with Gasteiger partial charge in [0.15, 0.2) is 0 Å². The molecule has 2 aromatic heterocycles. The van der Waals surface area contributed by atoms with E-state index in [-0.39, 0.29) is 18.2 Å². The standard InChI is InChI=1S/C14H15N3O2S/c1-10-4-5-12(16-9-10)17-13(18)6-7-15-14(19)11-3-2-8-20-11/h2-5,8-9H,6-7H2,1H3,(H,15,19)(H,16,17,18). The minimum atomic E-state index is -0.173. The zero-order chi connectivity index (χ0) is 14.4. The second-order valence-electron chi connectivity index (χ2n) is 4.25. The lowest BCUT2D eigenvalue weighted by molar-refractivity contribution is -0.116. The van der Waals surface area contributed by atoms with Crippen molar-refractivity contribution in [2.24, 2.45) is 0 Å². The van der Waals surface area contributed by atoms with Crippen molar-refractivity contribution < 1.29 is 9.59 Å². The second-order valence-corrected chi connectivity index (χ2v) is 5.20. The number of aromatic nitrogens is 1. The lowest BCUT2D eigenvalue weighted by atomic mass is 10.3. The van der Waals surface area contributed by atoms with Gasteiger partial charge in [0, 0.05) is 19.2 Å². The summed E-state index contributed by atoms with van der Waals surface area (Å²) in [5, 5.41) is 7.22. The van der Waals surface area contributed by atoms with E-state index >= 15 is 0 Å². The van der Waals surface area contributed by atoms with E-state index in [1.807, 2.05) is 24.4 Å². The first-order valence-corrected chi connectivity index (χ1v) is 7.07. The number of carbonyl (C=O) groups is 2. The summed E-state index contributed by atoms with van der Waals surface area (Å²) >= 11 is 1.37. The molecule has 0 aliphatic carbocycles. The molecule has 6 heteroatoms. The van der Waals surface area contributed by atoms with Gasteiger partial charge in [0.2, 0.25) is 5.91 Å². The van der Waals surface area contributed by atoms with E-state index in [0.717, 1.165) is 5.56 Å². The van der Waals surface area contributed by atoms with Crippen LogP contribution in [0.5, 0.6) is 0 Å². The van der Waals surface area contributed by atoms with Gasteiger partial charge in [0.1, 0.15) is 5.82 Å². The van der Waals surface area contributed by atoms with Gasteiger partial charge in [-0.1, -0.05) is 12.1 Å². The van der Waals surface area contributed by atoms with Gasteiger partial charge in [-0.2, -0.15) is 0 Å². The van der Waals surface area contributed by atoms with Crippen LogP contribution >= 0.6 is 11.3 Å². The van der Waals surface area contributed by atoms with Crippen LogP contribution in [0.1, 0.15) is 21.7 Å². The molecule has 0 aliphatic heterocycles. The maximum Gasteiger partial charge on any atom is 0.261 e. The fraction of sp³-hybridized carbons (Fsp3) is 0.214. The van der Waals surface area contributed by atoms with E-state index in [2.05, 4.69) is 15.6 Å². The van der Waals surface area contributed by atoms with E-state index in [1.165, 1.54) is 11.3 Å². The first-order chi connectivity index (χ1) is 9.65. The van der Waals surface area contributed by atoms with Gasteiger partial charge in [-0.15, -0.1) is 11.3 Å². The number of pyridine rings is 1. The third-order valence-electron chi connectivity index (χ3n) is 2.56. The second kappa shape index (κ2) is 6.81. The summed E-state index contributed by atoms with van der Waals surface area (Å²) in [5.74, 6) is 0.194. The molecule has 0 spiro atoms. The number of thiophene rings is 1. The monoisotopic (exact) mass is 289 g/mol. The van der Waals surface area contributed by atoms with Crippen molar-refractivity contribution in [2.75, 3.05) is 11.9 Å². The van der Waals surface area contributed by atoms with Crippen molar-refractivity contribution in [3.05, 3.63) is 46.3 Å². The lowest BCUT2D eigenvalue weighted by Crippen LogP contribution is -2.27. The molecular formula is C14H15N3O2S. The number of hydrogen-bond donors (Lipinski definition) is 2. The molecule has 2 amide bonds. The Morgan fingerprint density at radius 2 is 2.15 bits per heavy atom. The molecule has 104 valence electrons. The van der Waals surface area contributed by atoms with Crippen LogP contribution in [0.3, 0.4) is 0 Å². The SMILES string of the molecule is Cc1ccc(NC(=O)CCNC(=O)c2cccs2)nc1. The predicted molar refractivity (Wildman–Crippen MR) is 78.9 cm³/mol. The molecule has 20 heavy (non-hydrogen) atoms. The van der Waals surface area contributed by atoms with Crippen molar-refractivity contribution >= 4 is 29.0 Å². The molecule has 0 aromatic carbocycles. The third-order valence-corrected chi connectivity index (χ3v) is 3.43. The Labute approximate surface area is 121 Å². The summed E-state index contributed by atoms with van der Waals surface area (Å²) < 4.78 is 0. The molecule has 0 saturated heterocycles. The molecule has 0 radical (unpaired) electrons. The Morgan fingerprint density at radius 3 is 2.80 bits per heavy atom. The molecule has 0 fully saturated rings. The van der Waals surface area contributed by atoms with E-state index in [0.29, 0.717) is 17.2 Å². The number of nitrogens with zero attached hydrogens (tertiary/aromatic N) is 1. The first-order valence-electron chi connectivity index (χ1n) is 6.19. The highest BCUT2D eigenvalue weighted by atomic mass is 32.1. The van der Waals surface area contributed by atoms with Gasteiger partial charge in [0.25, 0.3) is 5.91 Å². The summed E-state index contributed by atoms with van der Waals surface area (Å²) in [5.41, 5.74) is 1.03. The normalized spacial score (nSPS) is 10.1. The largest absolute Gasteiger partial charge is 0.351 e. The topological polar surface area (TPSA) is 71.1 Å². The van der Waals surface area contributed by atoms with Crippen molar-refractivity contribution in [1.82, 2.24) is 10.3 Å². The number of carbonyl (C=O) groups excluding carboxylic acids is 2. The van der Waals surface area contributed by atoms with Crippen LogP contribution in [0.2, 0.25) is 0 Å². The maximum atomic E-state index is 11.7. The van der Waals surface area contributed by atoms with Crippen LogP contribution < -0.4 is 10.6 Å². The highest BCUT2D eigenvalue weighted by molar-refractivity contribution is 7.12. The molecule has 0 atom stereocenters. The summed E-state index contributed by atoms with van der Waals surface area (Å²) in [6.45, 7) is 2.23. The Hall–Kier alpha value is -2.21. The summed E-state index contributed by atoms with van der Waals surface area (Å²) in [7, 11) is 0. The van der Waals surface area contributed by atoms with Crippen LogP contribution in [-0.4, -0.2) is 23.3 Å². The Bertz CT molecular complexity index is 579. The first kappa shape index (κ1) is 14.2. The van der Waals surface area contributed by atoms with Crippen LogP contribution in [0.15, 0.2) is 35.8 Å². The molecule has 0 unspecified atom stereocenters. The fourth-order valence-electron chi connectivity index (χ4n) is 1.53. The lowest BCUT2D eigenvalue weighted by Gasteiger charge is -2.05. The number of rotatable bonds is 5. The maximum absolute atomic E-state index is 11.7. The molecule has 2 rings (SSSR count). The highest BCUT2D eigenvalue weighted by Gasteiger charge is 2.07. The van der Waals surface area contributed by atoms with Crippen molar-refractivity contribution in [1.29, 1.82) is 0 Å². The minimum Gasteiger partial charge on any atom is -0.351 e. The minimum absolute atomic E-state index is 0.152. The van der Waals surface area contributed by atoms with Crippen LogP contribution in [0.25, 0.3) is 0 Å². The number of anilines is 1. The van der Waals surface area contributed by atoms with Crippen LogP contribution in [0.4, 0.5) is 5.82 Å². The molecule has 5 nitrogen and oxygen atoms in total. The van der Waals surface area contributed by atoms with Gasteiger partial charge in [-0.05, 0) is 30.0 Å². The van der Waals surface area contributed by atoms with Crippen LogP contribution in [-0.2, 0) is 4.79 Å². The molecule has 2 heterocycles. The zero-order valence-corrected chi connectivity index (χ0v) is 11.9. The van der Waals surface area contributed by atoms with Crippen molar-refractivity contribution in [2.45, 2.75) is 13.3 Å². The van der Waals surface area contributed by atoms with Crippen LogP contribution in [0, 0.1) is 6.92 Å². The summed E-state index contributed by atoms with van der Waals surface area (Å²) in [6, 6.07) is 7.18. The van der Waals surface area contributed by atoms with E-state index < -0.39 is 0 Å². The molecule has 0 aliphatic rings. The highest BCUT2D eigenvalue weighted by Crippen LogP contribution is 2.07. The average Bonchev–Trinajstić information content (AvgIpc) is 2.95. The van der Waals surface area contributed by atoms with Gasteiger partial charge in [-0.3, -0.25) is 9.59 Å². The van der Waals surface area contributed by atoms with Gasteiger partial charge < -0.3 is 10.6 Å². The number of hydrogen-bond acceptors (Lipinski definition) is 4. The van der Waals surface area contributed by atoms with Gasteiger partial charge in [0.05, 0.1) is 4.88 Å². The zero-order valence-electron chi connectivity index (χ0n) is 11.1. The van der Waals surface area contributed by atoms with E-state index in [9.17, 15) is 9.59 Å². The Balaban J connectivity index is 1.73. The van der Waals surface area contributed by atoms with Gasteiger partial charge in [-0.25, -0.2) is 4.98 Å². The average molecular weight is 289 g/mol. The molecule has 0 saturated carbocycles. The molecular weight excluding hydrogens is 274 g/mol. The molecule has 2 N–H and O–H groups in total. The number of amides is 2. The van der Waals surface area contributed by atoms with Gasteiger partial charge >= 0.3 is 0 Å². The number of aryl methyl sites for hydroxylation is 1. The molecule has 0 bridgehead atoms. The summed E-state index contributed by atoms with van der Waals surface area (Å²) in [4.78, 5) is 28.0. The smallest absolute Gasteiger partial charge is 0.261 e. The third kappa shape index (κ3) is 4.17. The van der Waals surface area contributed by atoms with E-state index in [4.69, 9.17) is 0 Å². The summed E-state index contributed by atoms with van der Waals surface area (Å²) in [6.07, 6.45) is 1.90. The molecule has 2 aromatic rings. The predicted octanol–water partition coefficient (Wildman–Crippen LogP) is 2.21. The van der Waals surface area contributed by atoms with Crippen molar-refractivity contribution in [3.8, 4) is 0 Å². The van der Waals surface area contributed by atoms with E-state index in [1.54, 1.807) is 18.3 Å². The fourth-order valence-corrected chi connectivity index (χ4v) is 2.17. The number of nitrogens with one attached hydrogen (secondary N) is 2. The van der Waals surface area contributed by atoms with Crippen molar-refractivity contribution in [3.63, 3.8) is 0 Å². The Morgan fingerprint density at radius 1 is 1.30 bits per heavy atom. The quantitative estimate of drug-likeness (QED) is 0.886.